The third-order valence-electron chi connectivity index (χ3n) is 7.36. The molecule has 0 aliphatic carbocycles. The van der Waals surface area contributed by atoms with Crippen LogP contribution in [0, 0.1) is 42.2 Å². The number of halogens is 2. The maximum Gasteiger partial charge on any atom is 0.157 e. The molecule has 0 saturated carbocycles. The smallest absolute Gasteiger partial charge is 0.157 e. The van der Waals surface area contributed by atoms with Crippen molar-refractivity contribution < 1.29 is 19.0 Å². The van der Waals surface area contributed by atoms with E-state index < -0.39 is 17.7 Å². The summed E-state index contributed by atoms with van der Waals surface area (Å²) in [5, 5.41) is 35.1. The Labute approximate surface area is 211 Å². The van der Waals surface area contributed by atoms with Gasteiger partial charge in [0, 0.05) is 47.1 Å². The first-order valence-corrected chi connectivity index (χ1v) is 11.8. The van der Waals surface area contributed by atoms with E-state index in [1.165, 1.54) is 30.5 Å². The quantitative estimate of drug-likeness (QED) is 0.364. The highest BCUT2D eigenvalue weighted by atomic mass is 19.1. The molecule has 2 bridgehead atoms. The van der Waals surface area contributed by atoms with E-state index in [2.05, 4.69) is 27.3 Å². The second-order valence-corrected chi connectivity index (χ2v) is 9.57. The first-order chi connectivity index (χ1) is 17.8. The number of nitriles is 1. The van der Waals surface area contributed by atoms with E-state index in [-0.39, 0.29) is 51.1 Å². The number of aryl methyl sites for hydroxylation is 1. The summed E-state index contributed by atoms with van der Waals surface area (Å²) >= 11 is 0. The molecule has 2 aromatic carbocycles. The molecule has 2 saturated heterocycles. The Bertz CT molecular complexity index is 1710. The molecule has 37 heavy (non-hydrogen) atoms. The molecule has 4 heterocycles. The number of pyridine rings is 2. The van der Waals surface area contributed by atoms with E-state index >= 15 is 4.39 Å². The number of phenols is 1. The molecule has 2 aromatic heterocycles. The van der Waals surface area contributed by atoms with Gasteiger partial charge in [-0.15, -0.1) is 6.42 Å². The fourth-order valence-electron chi connectivity index (χ4n) is 5.67. The van der Waals surface area contributed by atoms with Crippen molar-refractivity contribution in [2.24, 2.45) is 0 Å². The van der Waals surface area contributed by atoms with Gasteiger partial charge in [-0.1, -0.05) is 12.0 Å². The number of phenolic OH excluding ortho intramolecular Hbond substituents is 1. The summed E-state index contributed by atoms with van der Waals surface area (Å²) in [5.41, 5.74) is 0.361. The molecule has 4 aromatic rings. The fraction of sp³-hybridized carbons (Fsp3) is 0.250. The zero-order valence-corrected chi connectivity index (χ0v) is 19.8. The summed E-state index contributed by atoms with van der Waals surface area (Å²) in [6.45, 7) is 2.59. The third kappa shape index (κ3) is 3.47. The summed E-state index contributed by atoms with van der Waals surface area (Å²) in [7, 11) is 0. The predicted molar refractivity (Wildman–Crippen MR) is 135 cm³/mol. The lowest BCUT2D eigenvalue weighted by Gasteiger charge is -2.34. The topological polar surface area (TPSA) is 105 Å². The number of benzene rings is 2. The van der Waals surface area contributed by atoms with Crippen LogP contribution in [0.5, 0.6) is 5.75 Å². The maximum absolute atomic E-state index is 16.4. The van der Waals surface area contributed by atoms with Crippen molar-refractivity contribution in [1.82, 2.24) is 15.3 Å². The standard InChI is InChI=1S/C28H21F2N5O2/c1-3-17-20(29)5-4-14-6-16(36)8-18(25(14)17)27-26(30)24-13(2)21(9-31)34-28(19(24)10-32-27)35-11-15-7-23(37)22(12-35)33-15/h1,4-6,8,10,15,22-23,33,36-37H,7,11-12H2,2H3/t15-,22-,23-/m1/s1. The van der Waals surface area contributed by atoms with Crippen molar-refractivity contribution in [2.75, 3.05) is 18.0 Å². The lowest BCUT2D eigenvalue weighted by molar-refractivity contribution is 0.163. The molecule has 2 aliphatic heterocycles. The highest BCUT2D eigenvalue weighted by Gasteiger charge is 2.40. The number of rotatable bonds is 2. The van der Waals surface area contributed by atoms with Gasteiger partial charge in [-0.25, -0.2) is 13.8 Å². The van der Waals surface area contributed by atoms with Gasteiger partial charge in [-0.05, 0) is 42.5 Å². The van der Waals surface area contributed by atoms with Crippen LogP contribution >= 0.6 is 0 Å². The van der Waals surface area contributed by atoms with Crippen LogP contribution < -0.4 is 10.2 Å². The van der Waals surface area contributed by atoms with Gasteiger partial charge in [-0.2, -0.15) is 5.26 Å². The number of fused-ring (bicyclic) bond motifs is 4. The molecule has 3 atom stereocenters. The first-order valence-electron chi connectivity index (χ1n) is 11.8. The molecular formula is C28H21F2N5O2. The van der Waals surface area contributed by atoms with Gasteiger partial charge in [0.2, 0.25) is 0 Å². The van der Waals surface area contributed by atoms with Gasteiger partial charge < -0.3 is 20.4 Å². The molecule has 0 amide bonds. The largest absolute Gasteiger partial charge is 0.508 e. The van der Waals surface area contributed by atoms with Crippen LogP contribution in [0.2, 0.25) is 0 Å². The van der Waals surface area contributed by atoms with Crippen LogP contribution in [-0.2, 0) is 0 Å². The van der Waals surface area contributed by atoms with Gasteiger partial charge in [0.25, 0.3) is 0 Å². The van der Waals surface area contributed by atoms with Crippen LogP contribution in [0.4, 0.5) is 14.6 Å². The van der Waals surface area contributed by atoms with Gasteiger partial charge in [-0.3, -0.25) is 4.98 Å². The minimum Gasteiger partial charge on any atom is -0.508 e. The number of nitrogens with one attached hydrogen (secondary N) is 1. The SMILES string of the molecule is C#Cc1c(F)ccc2cc(O)cc(-c3ncc4c(N5C[C@H]6C[C@@H](O)[C@@H](C5)N6)nc(C#N)c(C)c4c3F)c12. The highest BCUT2D eigenvalue weighted by Crippen LogP contribution is 2.40. The van der Waals surface area contributed by atoms with E-state index in [9.17, 15) is 19.9 Å². The van der Waals surface area contributed by atoms with Gasteiger partial charge in [0.05, 0.1) is 17.7 Å². The van der Waals surface area contributed by atoms with E-state index in [0.29, 0.717) is 41.7 Å². The number of terminal acetylenes is 1. The lowest BCUT2D eigenvalue weighted by atomic mass is 9.94. The van der Waals surface area contributed by atoms with Gasteiger partial charge in [0.15, 0.2) is 5.82 Å². The summed E-state index contributed by atoms with van der Waals surface area (Å²) in [6, 6.07) is 7.33. The Hall–Kier alpha value is -4.31. The Kier molecular flexibility index (Phi) is 5.23. The number of piperazine rings is 1. The zero-order chi connectivity index (χ0) is 26.0. The Balaban J connectivity index is 1.62. The monoisotopic (exact) mass is 497 g/mol. The fourth-order valence-corrected chi connectivity index (χ4v) is 5.67. The first kappa shape index (κ1) is 23.1. The van der Waals surface area contributed by atoms with Crippen molar-refractivity contribution in [3.05, 3.63) is 58.9 Å². The molecule has 0 unspecified atom stereocenters. The summed E-state index contributed by atoms with van der Waals surface area (Å²) in [4.78, 5) is 10.9. The van der Waals surface area contributed by atoms with Gasteiger partial charge in [0.1, 0.15) is 34.8 Å². The molecular weight excluding hydrogens is 476 g/mol. The number of nitrogens with zero attached hydrogens (tertiary/aromatic N) is 4. The maximum atomic E-state index is 16.4. The molecule has 2 fully saturated rings. The molecule has 2 aliphatic rings. The minimum absolute atomic E-state index is 0.0465. The molecule has 0 radical (unpaired) electrons. The minimum atomic E-state index is -0.729. The lowest BCUT2D eigenvalue weighted by Crippen LogP contribution is -2.53. The van der Waals surface area contributed by atoms with Crippen LogP contribution in [0.25, 0.3) is 32.8 Å². The van der Waals surface area contributed by atoms with E-state index in [4.69, 9.17) is 6.42 Å². The number of anilines is 1. The van der Waals surface area contributed by atoms with Crippen molar-refractivity contribution in [2.45, 2.75) is 31.5 Å². The Morgan fingerprint density at radius 2 is 2.03 bits per heavy atom. The second-order valence-electron chi connectivity index (χ2n) is 9.57. The Morgan fingerprint density at radius 1 is 1.22 bits per heavy atom. The molecule has 6 rings (SSSR count). The summed E-state index contributed by atoms with van der Waals surface area (Å²) < 4.78 is 31.0. The number of aromatic nitrogens is 2. The molecule has 184 valence electrons. The third-order valence-corrected chi connectivity index (χ3v) is 7.36. The second kappa shape index (κ2) is 8.38. The van der Waals surface area contributed by atoms with E-state index in [1.807, 2.05) is 4.90 Å². The average molecular weight is 498 g/mol. The molecule has 3 N–H and O–H groups in total. The number of hydrogen-bond acceptors (Lipinski definition) is 7. The van der Waals surface area contributed by atoms with Crippen LogP contribution in [-0.4, -0.2) is 51.5 Å². The highest BCUT2D eigenvalue weighted by molar-refractivity contribution is 6.04. The van der Waals surface area contributed by atoms with E-state index in [0.717, 1.165) is 0 Å². The molecule has 0 spiro atoms. The number of aliphatic hydroxyl groups is 1. The van der Waals surface area contributed by atoms with Crippen molar-refractivity contribution in [1.29, 1.82) is 5.26 Å². The van der Waals surface area contributed by atoms with Crippen molar-refractivity contribution in [3.63, 3.8) is 0 Å². The van der Waals surface area contributed by atoms with Crippen molar-refractivity contribution >= 4 is 27.4 Å². The number of aliphatic hydroxyl groups excluding tert-OH is 1. The van der Waals surface area contributed by atoms with Crippen LogP contribution in [0.15, 0.2) is 30.5 Å². The van der Waals surface area contributed by atoms with Gasteiger partial charge >= 0.3 is 0 Å². The number of aromatic hydroxyl groups is 1. The van der Waals surface area contributed by atoms with Crippen LogP contribution in [0.1, 0.15) is 23.2 Å². The van der Waals surface area contributed by atoms with Crippen LogP contribution in [0.3, 0.4) is 0 Å². The molecule has 9 heteroatoms. The van der Waals surface area contributed by atoms with Crippen molar-refractivity contribution in [3.8, 4) is 35.4 Å². The summed E-state index contributed by atoms with van der Waals surface area (Å²) in [6.07, 6.45) is 7.18. The zero-order valence-electron chi connectivity index (χ0n) is 19.8. The predicted octanol–water partition coefficient (Wildman–Crippen LogP) is 3.51. The number of hydrogen-bond donors (Lipinski definition) is 3. The Morgan fingerprint density at radius 3 is 2.76 bits per heavy atom. The van der Waals surface area contributed by atoms with E-state index in [1.54, 1.807) is 6.92 Å². The average Bonchev–Trinajstić information content (AvgIpc) is 3.14. The summed E-state index contributed by atoms with van der Waals surface area (Å²) in [5.74, 6) is 1.22. The molecule has 7 nitrogen and oxygen atoms in total. The normalized spacial score (nSPS) is 20.8.